The highest BCUT2D eigenvalue weighted by Gasteiger charge is 2.27. The summed E-state index contributed by atoms with van der Waals surface area (Å²) in [5.41, 5.74) is 1.89. The van der Waals surface area contributed by atoms with Crippen LogP contribution in [0.3, 0.4) is 0 Å². The standard InChI is InChI=1S/C33H58O3/c1-8-9-10-11-12-13-14-15-16-17-18-19-21-26(32(2,3)4)22-20-23-27-28(31(35)36)24-25-29(34)30(27)33(5,6)7/h24-26,34H,8-23H2,1-7H3,(H,35,36). The van der Waals surface area contributed by atoms with Crippen LogP contribution in [0.25, 0.3) is 0 Å². The Bertz CT molecular complexity index is 751. The highest BCUT2D eigenvalue weighted by molar-refractivity contribution is 5.90. The number of aromatic hydroxyl groups is 1. The van der Waals surface area contributed by atoms with Gasteiger partial charge in [-0.3, -0.25) is 0 Å². The minimum atomic E-state index is -0.903. The lowest BCUT2D eigenvalue weighted by molar-refractivity contribution is 0.0695. The highest BCUT2D eigenvalue weighted by Crippen LogP contribution is 2.38. The molecule has 3 nitrogen and oxygen atoms in total. The quantitative estimate of drug-likeness (QED) is 0.196. The molecule has 0 spiro atoms. The summed E-state index contributed by atoms with van der Waals surface area (Å²) < 4.78 is 0. The lowest BCUT2D eigenvalue weighted by Gasteiger charge is -2.31. The number of hydrogen-bond donors (Lipinski definition) is 2. The van der Waals surface area contributed by atoms with Crippen LogP contribution in [0, 0.1) is 11.3 Å². The molecule has 1 aromatic rings. The molecule has 3 heteroatoms. The molecule has 0 bridgehead atoms. The number of hydrogen-bond acceptors (Lipinski definition) is 2. The van der Waals surface area contributed by atoms with Crippen LogP contribution in [0.5, 0.6) is 5.75 Å². The third kappa shape index (κ3) is 12.2. The van der Waals surface area contributed by atoms with Gasteiger partial charge < -0.3 is 10.2 Å². The minimum absolute atomic E-state index is 0.214. The molecule has 0 aliphatic carbocycles. The van der Waals surface area contributed by atoms with Crippen LogP contribution < -0.4 is 0 Å². The van der Waals surface area contributed by atoms with E-state index in [1.807, 2.05) is 20.8 Å². The van der Waals surface area contributed by atoms with E-state index in [-0.39, 0.29) is 16.6 Å². The zero-order valence-electron chi connectivity index (χ0n) is 24.8. The Morgan fingerprint density at radius 2 is 1.22 bits per heavy atom. The maximum Gasteiger partial charge on any atom is 0.335 e. The van der Waals surface area contributed by atoms with Crippen LogP contribution in [0.1, 0.15) is 166 Å². The smallest absolute Gasteiger partial charge is 0.335 e. The number of rotatable bonds is 18. The molecule has 0 aliphatic heterocycles. The zero-order chi connectivity index (χ0) is 27.2. The molecule has 0 fully saturated rings. The molecule has 1 unspecified atom stereocenters. The van der Waals surface area contributed by atoms with Crippen molar-refractivity contribution < 1.29 is 15.0 Å². The Balaban J connectivity index is 2.51. The number of carboxylic acids is 1. The summed E-state index contributed by atoms with van der Waals surface area (Å²) in [6.45, 7) is 15.4. The molecule has 0 aromatic heterocycles. The fourth-order valence-electron chi connectivity index (χ4n) is 5.70. The van der Waals surface area contributed by atoms with E-state index in [9.17, 15) is 15.0 Å². The van der Waals surface area contributed by atoms with E-state index in [0.29, 0.717) is 17.9 Å². The number of phenols is 1. The van der Waals surface area contributed by atoms with Gasteiger partial charge in [0.1, 0.15) is 5.75 Å². The van der Waals surface area contributed by atoms with Crippen LogP contribution in [0.2, 0.25) is 0 Å². The van der Waals surface area contributed by atoms with Crippen LogP contribution in [-0.2, 0) is 11.8 Å². The van der Waals surface area contributed by atoms with Crippen LogP contribution in [-0.4, -0.2) is 16.2 Å². The van der Waals surface area contributed by atoms with Crippen molar-refractivity contribution in [2.45, 2.75) is 157 Å². The van der Waals surface area contributed by atoms with E-state index in [1.54, 1.807) is 12.1 Å². The summed E-state index contributed by atoms with van der Waals surface area (Å²) in [5, 5.41) is 20.3. The molecule has 1 aromatic carbocycles. The minimum Gasteiger partial charge on any atom is -0.508 e. The largest absolute Gasteiger partial charge is 0.508 e. The van der Waals surface area contributed by atoms with Crippen molar-refractivity contribution in [1.82, 2.24) is 0 Å². The first-order chi connectivity index (χ1) is 16.9. The summed E-state index contributed by atoms with van der Waals surface area (Å²) in [6, 6.07) is 3.11. The Morgan fingerprint density at radius 1 is 0.750 bits per heavy atom. The number of carbonyl (C=O) groups is 1. The predicted octanol–water partition coefficient (Wildman–Crippen LogP) is 10.5. The Labute approximate surface area is 223 Å². The summed E-state index contributed by atoms with van der Waals surface area (Å²) in [6.07, 6.45) is 20.5. The molecule has 0 aliphatic rings. The summed E-state index contributed by atoms with van der Waals surface area (Å²) in [4.78, 5) is 11.9. The van der Waals surface area contributed by atoms with Gasteiger partial charge in [-0.15, -0.1) is 0 Å². The third-order valence-corrected chi connectivity index (χ3v) is 7.88. The molecular formula is C33H58O3. The van der Waals surface area contributed by atoms with E-state index < -0.39 is 5.97 Å². The van der Waals surface area contributed by atoms with Gasteiger partial charge in [-0.25, -0.2) is 4.79 Å². The van der Waals surface area contributed by atoms with Crippen molar-refractivity contribution in [1.29, 1.82) is 0 Å². The first kappa shape index (κ1) is 32.5. The molecule has 1 rings (SSSR count). The molecule has 36 heavy (non-hydrogen) atoms. The van der Waals surface area contributed by atoms with Gasteiger partial charge in [0.15, 0.2) is 0 Å². The van der Waals surface area contributed by atoms with E-state index in [0.717, 1.165) is 24.0 Å². The lowest BCUT2D eigenvalue weighted by Crippen LogP contribution is -2.21. The van der Waals surface area contributed by atoms with E-state index in [1.165, 1.54) is 83.5 Å². The lowest BCUT2D eigenvalue weighted by atomic mass is 9.74. The molecule has 208 valence electrons. The van der Waals surface area contributed by atoms with Gasteiger partial charge in [0.05, 0.1) is 5.56 Å². The second-order valence-electron chi connectivity index (χ2n) is 13.2. The van der Waals surface area contributed by atoms with Gasteiger partial charge in [0.2, 0.25) is 0 Å². The Morgan fingerprint density at radius 3 is 1.67 bits per heavy atom. The maximum atomic E-state index is 11.9. The van der Waals surface area contributed by atoms with Crippen LogP contribution in [0.15, 0.2) is 12.1 Å². The van der Waals surface area contributed by atoms with Crippen molar-refractivity contribution in [3.8, 4) is 5.75 Å². The summed E-state index contributed by atoms with van der Waals surface area (Å²) in [7, 11) is 0. The number of phenolic OH excluding ortho intramolecular Hbond substituents is 1. The summed E-state index contributed by atoms with van der Waals surface area (Å²) in [5.74, 6) is -0.0602. The number of carboxylic acid groups (broad SMARTS) is 1. The van der Waals surface area contributed by atoms with Crippen molar-refractivity contribution in [3.05, 3.63) is 28.8 Å². The molecule has 2 N–H and O–H groups in total. The SMILES string of the molecule is CCCCCCCCCCCCCCC(CCCc1c(C(=O)O)ccc(O)c1C(C)(C)C)C(C)(C)C. The normalized spacial score (nSPS) is 13.2. The second kappa shape index (κ2) is 16.4. The van der Waals surface area contributed by atoms with Gasteiger partial charge in [0, 0.05) is 5.56 Å². The fraction of sp³-hybridized carbons (Fsp3) is 0.788. The van der Waals surface area contributed by atoms with Gasteiger partial charge in [0.25, 0.3) is 0 Å². The van der Waals surface area contributed by atoms with Gasteiger partial charge >= 0.3 is 5.97 Å². The molecule has 0 radical (unpaired) electrons. The van der Waals surface area contributed by atoms with Gasteiger partial charge in [-0.05, 0) is 60.1 Å². The Kier molecular flexibility index (Phi) is 14.8. The highest BCUT2D eigenvalue weighted by atomic mass is 16.4. The number of unbranched alkanes of at least 4 members (excludes halogenated alkanes) is 11. The fourth-order valence-corrected chi connectivity index (χ4v) is 5.70. The topological polar surface area (TPSA) is 57.5 Å². The average molecular weight is 503 g/mol. The molecule has 1 atom stereocenters. The van der Waals surface area contributed by atoms with Crippen molar-refractivity contribution in [2.75, 3.05) is 0 Å². The van der Waals surface area contributed by atoms with Crippen molar-refractivity contribution in [3.63, 3.8) is 0 Å². The van der Waals surface area contributed by atoms with Crippen molar-refractivity contribution >= 4 is 5.97 Å². The molecule has 0 heterocycles. The second-order valence-corrected chi connectivity index (χ2v) is 13.2. The molecule has 0 amide bonds. The first-order valence-corrected chi connectivity index (χ1v) is 15.0. The van der Waals surface area contributed by atoms with Crippen LogP contribution in [0.4, 0.5) is 0 Å². The third-order valence-electron chi connectivity index (χ3n) is 7.88. The predicted molar refractivity (Wildman–Crippen MR) is 155 cm³/mol. The number of aromatic carboxylic acids is 1. The van der Waals surface area contributed by atoms with Gasteiger partial charge in [-0.1, -0.05) is 126 Å². The van der Waals surface area contributed by atoms with E-state index >= 15 is 0 Å². The molecule has 0 saturated heterocycles. The Hall–Kier alpha value is -1.51. The number of benzene rings is 1. The van der Waals surface area contributed by atoms with E-state index in [4.69, 9.17) is 0 Å². The molecule has 0 saturated carbocycles. The molecular weight excluding hydrogens is 444 g/mol. The average Bonchev–Trinajstić information content (AvgIpc) is 2.76. The van der Waals surface area contributed by atoms with Crippen LogP contribution >= 0.6 is 0 Å². The first-order valence-electron chi connectivity index (χ1n) is 15.0. The zero-order valence-corrected chi connectivity index (χ0v) is 24.8. The monoisotopic (exact) mass is 502 g/mol. The van der Waals surface area contributed by atoms with Gasteiger partial charge in [-0.2, -0.15) is 0 Å². The van der Waals surface area contributed by atoms with Crippen molar-refractivity contribution in [2.24, 2.45) is 11.3 Å². The van der Waals surface area contributed by atoms with E-state index in [2.05, 4.69) is 27.7 Å². The maximum absolute atomic E-state index is 11.9. The summed E-state index contributed by atoms with van der Waals surface area (Å²) >= 11 is 0.